The zero-order valence-electron chi connectivity index (χ0n) is 8.47. The molecule has 1 rings (SSSR count). The molecule has 82 valence electrons. The molecule has 1 aromatic carbocycles. The van der Waals surface area contributed by atoms with Crippen molar-refractivity contribution < 1.29 is 4.79 Å². The number of nitrogens with one attached hydrogen (secondary N) is 1. The number of nitrogens with two attached hydrogens (primary N) is 1. The number of amides is 2. The van der Waals surface area contributed by atoms with E-state index in [-0.39, 0.29) is 0 Å². The van der Waals surface area contributed by atoms with Crippen LogP contribution in [0, 0.1) is 0 Å². The van der Waals surface area contributed by atoms with Crippen LogP contribution in [0.3, 0.4) is 0 Å². The number of carbonyl (C=O) groups excluding carboxylic acids is 1. The van der Waals surface area contributed by atoms with E-state index in [1.807, 2.05) is 13.8 Å². The number of hydrogen-bond donors (Lipinski definition) is 2. The SMILES string of the molecule is CC(C)(NC(N)=O)c1cc(Cl)cc(Cl)c1. The van der Waals surface area contributed by atoms with Gasteiger partial charge in [0.25, 0.3) is 0 Å². The lowest BCUT2D eigenvalue weighted by Gasteiger charge is -2.26. The van der Waals surface area contributed by atoms with Gasteiger partial charge in [-0.2, -0.15) is 0 Å². The molecular formula is C10H12Cl2N2O. The fourth-order valence-corrected chi connectivity index (χ4v) is 1.82. The van der Waals surface area contributed by atoms with E-state index < -0.39 is 11.6 Å². The molecule has 3 N–H and O–H groups in total. The first-order valence-electron chi connectivity index (χ1n) is 4.35. The van der Waals surface area contributed by atoms with E-state index in [2.05, 4.69) is 5.32 Å². The van der Waals surface area contributed by atoms with E-state index in [0.717, 1.165) is 5.56 Å². The largest absolute Gasteiger partial charge is 0.352 e. The van der Waals surface area contributed by atoms with Crippen molar-refractivity contribution in [3.05, 3.63) is 33.8 Å². The van der Waals surface area contributed by atoms with Crippen molar-refractivity contribution in [2.75, 3.05) is 0 Å². The summed E-state index contributed by atoms with van der Waals surface area (Å²) in [7, 11) is 0. The Labute approximate surface area is 98.5 Å². The van der Waals surface area contributed by atoms with E-state index in [1.54, 1.807) is 18.2 Å². The first kappa shape index (κ1) is 12.1. The summed E-state index contributed by atoms with van der Waals surface area (Å²) >= 11 is 11.7. The molecule has 15 heavy (non-hydrogen) atoms. The predicted octanol–water partition coefficient (Wildman–Crippen LogP) is 2.90. The zero-order chi connectivity index (χ0) is 11.6. The number of rotatable bonds is 2. The van der Waals surface area contributed by atoms with Gasteiger partial charge in [0.15, 0.2) is 0 Å². The van der Waals surface area contributed by atoms with Crippen LogP contribution in [0.25, 0.3) is 0 Å². The van der Waals surface area contributed by atoms with Gasteiger partial charge < -0.3 is 11.1 Å². The molecule has 0 unspecified atom stereocenters. The maximum absolute atomic E-state index is 10.8. The maximum atomic E-state index is 10.8. The molecule has 0 spiro atoms. The monoisotopic (exact) mass is 246 g/mol. The second kappa shape index (κ2) is 4.29. The topological polar surface area (TPSA) is 55.1 Å². The first-order valence-corrected chi connectivity index (χ1v) is 5.11. The van der Waals surface area contributed by atoms with Crippen LogP contribution in [0.5, 0.6) is 0 Å². The smallest absolute Gasteiger partial charge is 0.312 e. The number of carbonyl (C=O) groups is 1. The van der Waals surface area contributed by atoms with Crippen molar-refractivity contribution >= 4 is 29.2 Å². The van der Waals surface area contributed by atoms with Gasteiger partial charge in [0, 0.05) is 10.0 Å². The summed E-state index contributed by atoms with van der Waals surface area (Å²) in [5, 5.41) is 3.66. The third-order valence-corrected chi connectivity index (χ3v) is 2.46. The first-order chi connectivity index (χ1) is 6.81. The summed E-state index contributed by atoms with van der Waals surface area (Å²) in [4.78, 5) is 10.8. The van der Waals surface area contributed by atoms with Crippen LogP contribution in [0.15, 0.2) is 18.2 Å². The van der Waals surface area contributed by atoms with E-state index in [9.17, 15) is 4.79 Å². The lowest BCUT2D eigenvalue weighted by Crippen LogP contribution is -2.43. The molecule has 0 aromatic heterocycles. The van der Waals surface area contributed by atoms with Crippen LogP contribution >= 0.6 is 23.2 Å². The van der Waals surface area contributed by atoms with Gasteiger partial charge in [-0.05, 0) is 37.6 Å². The molecule has 3 nitrogen and oxygen atoms in total. The van der Waals surface area contributed by atoms with E-state index in [4.69, 9.17) is 28.9 Å². The average molecular weight is 247 g/mol. The highest BCUT2D eigenvalue weighted by molar-refractivity contribution is 6.34. The van der Waals surface area contributed by atoms with Crippen LogP contribution < -0.4 is 11.1 Å². The van der Waals surface area contributed by atoms with E-state index >= 15 is 0 Å². The Morgan fingerprint density at radius 3 is 2.13 bits per heavy atom. The second-order valence-electron chi connectivity index (χ2n) is 3.77. The van der Waals surface area contributed by atoms with Crippen molar-refractivity contribution in [2.45, 2.75) is 19.4 Å². The van der Waals surface area contributed by atoms with Crippen LogP contribution in [0.4, 0.5) is 4.79 Å². The third kappa shape index (κ3) is 3.29. The lowest BCUT2D eigenvalue weighted by molar-refractivity contribution is 0.238. The summed E-state index contributed by atoms with van der Waals surface area (Å²) in [6.07, 6.45) is 0. The third-order valence-electron chi connectivity index (χ3n) is 2.02. The zero-order valence-corrected chi connectivity index (χ0v) is 9.99. The standard InChI is InChI=1S/C10H12Cl2N2O/c1-10(2,14-9(13)15)6-3-7(11)5-8(12)4-6/h3-5H,1-2H3,(H3,13,14,15). The normalized spacial score (nSPS) is 11.2. The fraction of sp³-hybridized carbons (Fsp3) is 0.300. The summed E-state index contributed by atoms with van der Waals surface area (Å²) in [5.74, 6) is 0. The van der Waals surface area contributed by atoms with Crippen molar-refractivity contribution in [3.63, 3.8) is 0 Å². The van der Waals surface area contributed by atoms with Crippen LogP contribution in [-0.4, -0.2) is 6.03 Å². The molecular weight excluding hydrogens is 235 g/mol. The number of hydrogen-bond acceptors (Lipinski definition) is 1. The number of benzene rings is 1. The van der Waals surface area contributed by atoms with Gasteiger partial charge in [0.2, 0.25) is 0 Å². The minimum atomic E-state index is -0.597. The van der Waals surface area contributed by atoms with Gasteiger partial charge in [-0.3, -0.25) is 0 Å². The quantitative estimate of drug-likeness (QED) is 0.829. The summed E-state index contributed by atoms with van der Waals surface area (Å²) in [6.45, 7) is 3.64. The Balaban J connectivity index is 3.08. The van der Waals surface area contributed by atoms with Crippen molar-refractivity contribution in [1.29, 1.82) is 0 Å². The van der Waals surface area contributed by atoms with Gasteiger partial charge in [-0.15, -0.1) is 0 Å². The van der Waals surface area contributed by atoms with Gasteiger partial charge in [0.05, 0.1) is 5.54 Å². The molecule has 0 aliphatic heterocycles. The summed E-state index contributed by atoms with van der Waals surface area (Å²) in [5.41, 5.74) is 5.28. The molecule has 2 amide bonds. The minimum Gasteiger partial charge on any atom is -0.352 e. The Kier molecular flexibility index (Phi) is 3.47. The Bertz CT molecular complexity index is 371. The molecule has 0 atom stereocenters. The fourth-order valence-electron chi connectivity index (χ4n) is 1.29. The number of urea groups is 1. The van der Waals surface area contributed by atoms with Crippen LogP contribution in [0.2, 0.25) is 10.0 Å². The molecule has 0 aliphatic rings. The number of primary amides is 1. The minimum absolute atomic E-state index is 0.525. The molecule has 0 fully saturated rings. The molecule has 0 saturated heterocycles. The maximum Gasteiger partial charge on any atom is 0.312 e. The highest BCUT2D eigenvalue weighted by Crippen LogP contribution is 2.26. The van der Waals surface area contributed by atoms with Crippen molar-refractivity contribution in [1.82, 2.24) is 5.32 Å². The van der Waals surface area contributed by atoms with Gasteiger partial charge in [-0.1, -0.05) is 23.2 Å². The van der Waals surface area contributed by atoms with Crippen LogP contribution in [0.1, 0.15) is 19.4 Å². The van der Waals surface area contributed by atoms with Crippen LogP contribution in [-0.2, 0) is 5.54 Å². The van der Waals surface area contributed by atoms with Gasteiger partial charge in [-0.25, -0.2) is 4.79 Å². The van der Waals surface area contributed by atoms with Gasteiger partial charge in [0.1, 0.15) is 0 Å². The highest BCUT2D eigenvalue weighted by Gasteiger charge is 2.22. The average Bonchev–Trinajstić information content (AvgIpc) is 1.99. The molecule has 0 radical (unpaired) electrons. The summed E-state index contributed by atoms with van der Waals surface area (Å²) < 4.78 is 0. The van der Waals surface area contributed by atoms with Crippen molar-refractivity contribution in [2.24, 2.45) is 5.73 Å². The Hall–Kier alpha value is -0.930. The van der Waals surface area contributed by atoms with E-state index in [0.29, 0.717) is 10.0 Å². The predicted molar refractivity (Wildman–Crippen MR) is 62.2 cm³/mol. The molecule has 0 saturated carbocycles. The second-order valence-corrected chi connectivity index (χ2v) is 4.65. The number of halogens is 2. The van der Waals surface area contributed by atoms with E-state index in [1.165, 1.54) is 0 Å². The molecule has 0 heterocycles. The molecule has 0 bridgehead atoms. The molecule has 1 aromatic rings. The Morgan fingerprint density at radius 2 is 1.73 bits per heavy atom. The van der Waals surface area contributed by atoms with Crippen molar-refractivity contribution in [3.8, 4) is 0 Å². The Morgan fingerprint density at radius 1 is 1.27 bits per heavy atom. The molecule has 0 aliphatic carbocycles. The molecule has 5 heteroatoms. The summed E-state index contributed by atoms with van der Waals surface area (Å²) in [6, 6.07) is 4.52. The van der Waals surface area contributed by atoms with Gasteiger partial charge >= 0.3 is 6.03 Å². The lowest BCUT2D eigenvalue weighted by atomic mass is 9.94. The highest BCUT2D eigenvalue weighted by atomic mass is 35.5.